The van der Waals surface area contributed by atoms with Crippen molar-refractivity contribution in [3.8, 4) is 5.75 Å². The van der Waals surface area contributed by atoms with Crippen LogP contribution in [0.5, 0.6) is 5.75 Å². The number of sulfonamides is 1. The Bertz CT molecular complexity index is 1350. The van der Waals surface area contributed by atoms with Crippen molar-refractivity contribution in [3.05, 3.63) is 75.4 Å². The lowest BCUT2D eigenvalue weighted by Gasteiger charge is -2.40. The highest BCUT2D eigenvalue weighted by Crippen LogP contribution is 2.41. The summed E-state index contributed by atoms with van der Waals surface area (Å²) < 4.78 is 48.7. The molecule has 0 radical (unpaired) electrons. The zero-order chi connectivity index (χ0) is 26.0. The lowest BCUT2D eigenvalue weighted by molar-refractivity contribution is 0.0544. The van der Waals surface area contributed by atoms with Gasteiger partial charge in [-0.15, -0.1) is 0 Å². The molecule has 7 nitrogen and oxygen atoms in total. The van der Waals surface area contributed by atoms with E-state index in [9.17, 15) is 12.8 Å². The summed E-state index contributed by atoms with van der Waals surface area (Å²) in [6.45, 7) is 0. The van der Waals surface area contributed by atoms with E-state index in [1.807, 2.05) is 25.1 Å². The monoisotopic (exact) mass is 572 g/mol. The SMILES string of the molecule is CN(C)[C@H]1C[C@@H](c2cc(Cl)ccc2Cl)CC[C@@H]1Oc1cc(F)c(S(=O)(=O)Nc2ccncn2)cc1Cl. The Balaban J connectivity index is 1.54. The number of likely N-dealkylation sites (N-methyl/N-ethyl adjacent to an activating group) is 1. The maximum atomic E-state index is 15.0. The molecule has 0 amide bonds. The first-order valence-corrected chi connectivity index (χ1v) is 13.7. The lowest BCUT2D eigenvalue weighted by Crippen LogP contribution is -2.46. The van der Waals surface area contributed by atoms with Gasteiger partial charge >= 0.3 is 0 Å². The highest BCUT2D eigenvalue weighted by atomic mass is 35.5. The highest BCUT2D eigenvalue weighted by Gasteiger charge is 2.35. The molecule has 0 spiro atoms. The fraction of sp³-hybridized carbons (Fsp3) is 0.333. The van der Waals surface area contributed by atoms with E-state index in [0.717, 1.165) is 30.5 Å². The van der Waals surface area contributed by atoms with Gasteiger partial charge in [-0.3, -0.25) is 4.72 Å². The Morgan fingerprint density at radius 2 is 1.86 bits per heavy atom. The molecule has 4 rings (SSSR count). The summed E-state index contributed by atoms with van der Waals surface area (Å²) in [6.07, 6.45) is 4.42. The van der Waals surface area contributed by atoms with Crippen molar-refractivity contribution in [1.82, 2.24) is 14.9 Å². The molecule has 1 aromatic heterocycles. The van der Waals surface area contributed by atoms with E-state index in [1.165, 1.54) is 18.6 Å². The molecule has 1 saturated carbocycles. The van der Waals surface area contributed by atoms with Gasteiger partial charge in [0.05, 0.1) is 5.02 Å². The van der Waals surface area contributed by atoms with Crippen LogP contribution in [0, 0.1) is 5.82 Å². The number of rotatable bonds is 7. The van der Waals surface area contributed by atoms with Crippen LogP contribution in [-0.4, -0.2) is 49.5 Å². The topological polar surface area (TPSA) is 84.4 Å². The summed E-state index contributed by atoms with van der Waals surface area (Å²) in [5.41, 5.74) is 0.990. The second-order valence-electron chi connectivity index (χ2n) is 8.78. The number of nitrogens with zero attached hydrogens (tertiary/aromatic N) is 3. The largest absolute Gasteiger partial charge is 0.487 e. The molecule has 0 saturated heterocycles. The lowest BCUT2D eigenvalue weighted by atomic mass is 9.79. The van der Waals surface area contributed by atoms with E-state index in [4.69, 9.17) is 39.5 Å². The Labute approximate surface area is 224 Å². The van der Waals surface area contributed by atoms with Gasteiger partial charge in [-0.2, -0.15) is 0 Å². The van der Waals surface area contributed by atoms with Crippen molar-refractivity contribution >= 4 is 50.6 Å². The second-order valence-corrected chi connectivity index (χ2v) is 11.7. The zero-order valence-corrected chi connectivity index (χ0v) is 22.5. The number of benzene rings is 2. The average Bonchev–Trinajstić information content (AvgIpc) is 2.83. The summed E-state index contributed by atoms with van der Waals surface area (Å²) >= 11 is 19.0. The third kappa shape index (κ3) is 6.03. The number of hydrogen-bond donors (Lipinski definition) is 1. The molecule has 1 heterocycles. The molecule has 36 heavy (non-hydrogen) atoms. The van der Waals surface area contributed by atoms with E-state index in [0.29, 0.717) is 16.5 Å². The quantitative estimate of drug-likeness (QED) is 0.372. The van der Waals surface area contributed by atoms with E-state index in [2.05, 4.69) is 14.7 Å². The number of ether oxygens (including phenoxy) is 1. The first kappa shape index (κ1) is 26.9. The predicted molar refractivity (Wildman–Crippen MR) is 139 cm³/mol. The van der Waals surface area contributed by atoms with Gasteiger partial charge in [0.25, 0.3) is 10.0 Å². The van der Waals surface area contributed by atoms with Crippen molar-refractivity contribution in [1.29, 1.82) is 0 Å². The fourth-order valence-corrected chi connectivity index (χ4v) is 6.24. The standard InChI is InChI=1S/C24H24Cl3FN4O3S/c1-32(2)20-9-14(16-10-15(25)4-5-17(16)26)3-6-21(20)35-22-12-19(28)23(11-18(22)27)36(33,34)31-24-7-8-29-13-30-24/h4-5,7-8,10-14,20-21H,3,6,9H2,1-2H3,(H,29,30,31)/t14-,20-,21-/m0/s1. The number of aromatic nitrogens is 2. The van der Waals surface area contributed by atoms with Crippen LogP contribution in [0.15, 0.2) is 53.8 Å². The molecule has 3 atom stereocenters. The predicted octanol–water partition coefficient (Wildman–Crippen LogP) is 6.02. The van der Waals surface area contributed by atoms with Crippen LogP contribution in [0.2, 0.25) is 15.1 Å². The van der Waals surface area contributed by atoms with Gasteiger partial charge in [0, 0.05) is 28.4 Å². The van der Waals surface area contributed by atoms with Crippen LogP contribution >= 0.6 is 34.8 Å². The molecular formula is C24H24Cl3FN4O3S. The van der Waals surface area contributed by atoms with Crippen LogP contribution in [0.25, 0.3) is 0 Å². The number of hydrogen-bond acceptors (Lipinski definition) is 6. The Morgan fingerprint density at radius 3 is 2.56 bits per heavy atom. The van der Waals surface area contributed by atoms with Crippen molar-refractivity contribution in [3.63, 3.8) is 0 Å². The Kier molecular flexibility index (Phi) is 8.26. The van der Waals surface area contributed by atoms with E-state index in [-0.39, 0.29) is 34.7 Å². The van der Waals surface area contributed by atoms with Crippen LogP contribution < -0.4 is 9.46 Å². The van der Waals surface area contributed by atoms with E-state index in [1.54, 1.807) is 12.1 Å². The molecule has 3 aromatic rings. The van der Waals surface area contributed by atoms with Crippen molar-refractivity contribution < 1.29 is 17.5 Å². The molecule has 0 bridgehead atoms. The smallest absolute Gasteiger partial charge is 0.266 e. The maximum absolute atomic E-state index is 15.0. The van der Waals surface area contributed by atoms with Gasteiger partial charge in [-0.25, -0.2) is 22.8 Å². The summed E-state index contributed by atoms with van der Waals surface area (Å²) in [4.78, 5) is 8.96. The van der Waals surface area contributed by atoms with Gasteiger partial charge in [-0.05, 0) is 75.2 Å². The zero-order valence-electron chi connectivity index (χ0n) is 19.5. The molecule has 1 aliphatic carbocycles. The van der Waals surface area contributed by atoms with Crippen LogP contribution in [0.4, 0.5) is 10.2 Å². The van der Waals surface area contributed by atoms with Gasteiger partial charge in [0.2, 0.25) is 0 Å². The third-order valence-electron chi connectivity index (χ3n) is 6.19. The average molecular weight is 574 g/mol. The van der Waals surface area contributed by atoms with Gasteiger partial charge in [-0.1, -0.05) is 34.8 Å². The Morgan fingerprint density at radius 1 is 1.08 bits per heavy atom. The summed E-state index contributed by atoms with van der Waals surface area (Å²) in [5.74, 6) is -0.731. The molecule has 1 fully saturated rings. The van der Waals surface area contributed by atoms with Gasteiger partial charge in [0.1, 0.15) is 34.7 Å². The number of anilines is 1. The first-order valence-electron chi connectivity index (χ1n) is 11.1. The van der Waals surface area contributed by atoms with Crippen molar-refractivity contribution in [2.24, 2.45) is 0 Å². The van der Waals surface area contributed by atoms with Crippen LogP contribution in [0.1, 0.15) is 30.7 Å². The van der Waals surface area contributed by atoms with Crippen molar-refractivity contribution in [2.45, 2.75) is 42.2 Å². The van der Waals surface area contributed by atoms with Crippen molar-refractivity contribution in [2.75, 3.05) is 18.8 Å². The highest BCUT2D eigenvalue weighted by molar-refractivity contribution is 7.92. The second kappa shape index (κ2) is 11.1. The van der Waals surface area contributed by atoms with Gasteiger partial charge in [0.15, 0.2) is 0 Å². The molecule has 192 valence electrons. The van der Waals surface area contributed by atoms with Gasteiger partial charge < -0.3 is 9.64 Å². The summed E-state index contributed by atoms with van der Waals surface area (Å²) in [7, 11) is -0.385. The van der Waals surface area contributed by atoms with Crippen LogP contribution in [-0.2, 0) is 10.0 Å². The number of nitrogens with one attached hydrogen (secondary N) is 1. The minimum atomic E-state index is -4.27. The minimum Gasteiger partial charge on any atom is -0.487 e. The molecular weight excluding hydrogens is 550 g/mol. The van der Waals surface area contributed by atoms with Crippen LogP contribution in [0.3, 0.4) is 0 Å². The summed E-state index contributed by atoms with van der Waals surface area (Å²) in [5, 5.41) is 1.27. The van der Waals surface area contributed by atoms with E-state index >= 15 is 0 Å². The fourth-order valence-electron chi connectivity index (χ4n) is 4.42. The summed E-state index contributed by atoms with van der Waals surface area (Å²) in [6, 6.07) is 8.81. The molecule has 0 unspecified atom stereocenters. The first-order chi connectivity index (χ1) is 17.0. The minimum absolute atomic E-state index is 0.00578. The Hall–Kier alpha value is -2.17. The molecule has 2 aromatic carbocycles. The molecule has 1 N–H and O–H groups in total. The van der Waals surface area contributed by atoms with E-state index < -0.39 is 20.7 Å². The number of halogens is 4. The third-order valence-corrected chi connectivity index (χ3v) is 8.44. The normalized spacial score (nSPS) is 20.4. The molecule has 12 heteroatoms. The maximum Gasteiger partial charge on any atom is 0.266 e. The molecule has 0 aliphatic heterocycles. The molecule has 1 aliphatic rings.